The van der Waals surface area contributed by atoms with Crippen LogP contribution in [0.4, 0.5) is 17.3 Å². The number of anilines is 3. The minimum absolute atomic E-state index is 0.369. The molecule has 1 heterocycles. The van der Waals surface area contributed by atoms with Crippen LogP contribution in [0.2, 0.25) is 0 Å². The minimum atomic E-state index is 0.369. The summed E-state index contributed by atoms with van der Waals surface area (Å²) in [7, 11) is 0. The summed E-state index contributed by atoms with van der Waals surface area (Å²) < 4.78 is 5.81. The molecule has 5 N–H and O–H groups in total. The molecule has 1 aromatic heterocycles. The second kappa shape index (κ2) is 6.44. The Balaban J connectivity index is 1.66. The van der Waals surface area contributed by atoms with Crippen LogP contribution in [0.15, 0.2) is 12.1 Å². The molecule has 0 aliphatic heterocycles. The molecule has 5 nitrogen and oxygen atoms in total. The van der Waals surface area contributed by atoms with Gasteiger partial charge in [0.05, 0.1) is 18.4 Å². The largest absolute Gasteiger partial charge is 0.396 e. The average Bonchev–Trinajstić information content (AvgIpc) is 2.40. The van der Waals surface area contributed by atoms with E-state index >= 15 is 0 Å². The van der Waals surface area contributed by atoms with Crippen molar-refractivity contribution in [1.29, 1.82) is 0 Å². The lowest BCUT2D eigenvalue weighted by Gasteiger charge is -2.22. The molecule has 1 aliphatic carbocycles. The Morgan fingerprint density at radius 2 is 2.00 bits per heavy atom. The molecule has 18 heavy (non-hydrogen) atoms. The fourth-order valence-electron chi connectivity index (χ4n) is 2.22. The molecule has 100 valence electrons. The van der Waals surface area contributed by atoms with E-state index in [0.717, 1.165) is 12.4 Å². The van der Waals surface area contributed by atoms with Gasteiger partial charge in [-0.1, -0.05) is 19.3 Å². The topological polar surface area (TPSA) is 86.2 Å². The maximum atomic E-state index is 5.81. The number of aromatic nitrogens is 1. The Bertz CT molecular complexity index is 377. The summed E-state index contributed by atoms with van der Waals surface area (Å²) in [6.45, 7) is 1.45. The maximum Gasteiger partial charge on any atom is 0.149 e. The summed E-state index contributed by atoms with van der Waals surface area (Å²) >= 11 is 0. The Kier molecular flexibility index (Phi) is 4.64. The molecular formula is C13H22N4O. The van der Waals surface area contributed by atoms with E-state index in [-0.39, 0.29) is 0 Å². The first-order valence-corrected chi connectivity index (χ1v) is 6.63. The zero-order valence-corrected chi connectivity index (χ0v) is 10.7. The molecule has 0 radical (unpaired) electrons. The summed E-state index contributed by atoms with van der Waals surface area (Å²) in [5, 5.41) is 3.18. The van der Waals surface area contributed by atoms with Crippen molar-refractivity contribution in [3.63, 3.8) is 0 Å². The van der Waals surface area contributed by atoms with E-state index in [2.05, 4.69) is 10.3 Å². The standard InChI is InChI=1S/C13H22N4O/c14-11-6-7-12(17-13(11)15)16-8-9-18-10-4-2-1-3-5-10/h6-7,10H,1-5,8-9,14H2,(H3,15,16,17). The van der Waals surface area contributed by atoms with Gasteiger partial charge in [0.15, 0.2) is 0 Å². The van der Waals surface area contributed by atoms with E-state index in [0.29, 0.717) is 24.2 Å². The molecule has 1 fully saturated rings. The Labute approximate surface area is 108 Å². The van der Waals surface area contributed by atoms with Gasteiger partial charge in [0.25, 0.3) is 0 Å². The molecule has 0 bridgehead atoms. The maximum absolute atomic E-state index is 5.81. The van der Waals surface area contributed by atoms with Gasteiger partial charge >= 0.3 is 0 Å². The highest BCUT2D eigenvalue weighted by Gasteiger charge is 2.12. The summed E-state index contributed by atoms with van der Waals surface area (Å²) in [6, 6.07) is 3.58. The Morgan fingerprint density at radius 1 is 1.22 bits per heavy atom. The highest BCUT2D eigenvalue weighted by atomic mass is 16.5. The van der Waals surface area contributed by atoms with Crippen LogP contribution in [0.5, 0.6) is 0 Å². The zero-order chi connectivity index (χ0) is 12.8. The molecule has 0 saturated heterocycles. The van der Waals surface area contributed by atoms with E-state index in [1.54, 1.807) is 6.07 Å². The van der Waals surface area contributed by atoms with Gasteiger partial charge < -0.3 is 21.5 Å². The molecule has 0 amide bonds. The predicted molar refractivity (Wildman–Crippen MR) is 74.4 cm³/mol. The van der Waals surface area contributed by atoms with Crippen LogP contribution in [0.25, 0.3) is 0 Å². The Hall–Kier alpha value is -1.49. The number of nitrogens with two attached hydrogens (primary N) is 2. The van der Waals surface area contributed by atoms with E-state index in [4.69, 9.17) is 16.2 Å². The molecule has 1 saturated carbocycles. The number of nitrogens with zero attached hydrogens (tertiary/aromatic N) is 1. The van der Waals surface area contributed by atoms with Crippen molar-refractivity contribution < 1.29 is 4.74 Å². The second-order valence-corrected chi connectivity index (χ2v) is 4.73. The minimum Gasteiger partial charge on any atom is -0.396 e. The van der Waals surface area contributed by atoms with Crippen LogP contribution in [-0.2, 0) is 4.74 Å². The van der Waals surface area contributed by atoms with E-state index in [1.165, 1.54) is 32.1 Å². The lowest BCUT2D eigenvalue weighted by Crippen LogP contribution is -2.20. The van der Waals surface area contributed by atoms with Gasteiger partial charge in [-0.15, -0.1) is 0 Å². The van der Waals surface area contributed by atoms with Gasteiger partial charge in [0, 0.05) is 6.54 Å². The number of nitrogen functional groups attached to an aromatic ring is 2. The van der Waals surface area contributed by atoms with Gasteiger partial charge in [-0.05, 0) is 25.0 Å². The first-order chi connectivity index (χ1) is 8.75. The van der Waals surface area contributed by atoms with Crippen LogP contribution in [0.1, 0.15) is 32.1 Å². The number of ether oxygens (including phenoxy) is 1. The van der Waals surface area contributed by atoms with Crippen LogP contribution in [0.3, 0.4) is 0 Å². The van der Waals surface area contributed by atoms with Gasteiger partial charge in [-0.3, -0.25) is 0 Å². The summed E-state index contributed by atoms with van der Waals surface area (Å²) in [5.41, 5.74) is 11.7. The summed E-state index contributed by atoms with van der Waals surface area (Å²) in [6.07, 6.45) is 6.81. The molecule has 1 aromatic rings. The first kappa shape index (κ1) is 13.0. The van der Waals surface area contributed by atoms with Crippen molar-refractivity contribution in [1.82, 2.24) is 4.98 Å². The van der Waals surface area contributed by atoms with E-state index < -0.39 is 0 Å². The third-order valence-corrected chi connectivity index (χ3v) is 3.27. The highest BCUT2D eigenvalue weighted by Crippen LogP contribution is 2.20. The van der Waals surface area contributed by atoms with E-state index in [1.807, 2.05) is 6.07 Å². The molecule has 5 heteroatoms. The average molecular weight is 250 g/mol. The third kappa shape index (κ3) is 3.77. The number of rotatable bonds is 5. The monoisotopic (exact) mass is 250 g/mol. The molecule has 0 spiro atoms. The van der Waals surface area contributed by atoms with Gasteiger partial charge in [0.1, 0.15) is 11.6 Å². The number of nitrogens with one attached hydrogen (secondary N) is 1. The van der Waals surface area contributed by atoms with Crippen molar-refractivity contribution >= 4 is 17.3 Å². The molecule has 0 atom stereocenters. The number of hydrogen-bond acceptors (Lipinski definition) is 5. The van der Waals surface area contributed by atoms with Crippen molar-refractivity contribution in [2.75, 3.05) is 29.9 Å². The van der Waals surface area contributed by atoms with Crippen LogP contribution < -0.4 is 16.8 Å². The summed E-state index contributed by atoms with van der Waals surface area (Å²) in [5.74, 6) is 1.11. The van der Waals surface area contributed by atoms with Crippen molar-refractivity contribution in [2.45, 2.75) is 38.2 Å². The Morgan fingerprint density at radius 3 is 2.72 bits per heavy atom. The second-order valence-electron chi connectivity index (χ2n) is 4.73. The fraction of sp³-hybridized carbons (Fsp3) is 0.615. The lowest BCUT2D eigenvalue weighted by atomic mass is 9.98. The number of pyridine rings is 1. The van der Waals surface area contributed by atoms with Gasteiger partial charge in [0.2, 0.25) is 0 Å². The molecule has 0 aromatic carbocycles. The van der Waals surface area contributed by atoms with Gasteiger partial charge in [-0.25, -0.2) is 4.98 Å². The van der Waals surface area contributed by atoms with Crippen LogP contribution in [-0.4, -0.2) is 24.2 Å². The van der Waals surface area contributed by atoms with Crippen LogP contribution in [0, 0.1) is 0 Å². The quantitative estimate of drug-likeness (QED) is 0.696. The number of hydrogen-bond donors (Lipinski definition) is 3. The van der Waals surface area contributed by atoms with Gasteiger partial charge in [-0.2, -0.15) is 0 Å². The lowest BCUT2D eigenvalue weighted by molar-refractivity contribution is 0.0347. The normalized spacial score (nSPS) is 16.7. The third-order valence-electron chi connectivity index (χ3n) is 3.27. The van der Waals surface area contributed by atoms with Crippen molar-refractivity contribution in [3.8, 4) is 0 Å². The predicted octanol–water partition coefficient (Wildman–Crippen LogP) is 2.01. The zero-order valence-electron chi connectivity index (χ0n) is 10.7. The molecule has 0 unspecified atom stereocenters. The highest BCUT2D eigenvalue weighted by molar-refractivity contribution is 5.61. The smallest absolute Gasteiger partial charge is 0.149 e. The summed E-state index contributed by atoms with van der Waals surface area (Å²) in [4.78, 5) is 4.14. The molecule has 1 aliphatic rings. The molecular weight excluding hydrogens is 228 g/mol. The van der Waals surface area contributed by atoms with E-state index in [9.17, 15) is 0 Å². The van der Waals surface area contributed by atoms with Crippen molar-refractivity contribution in [2.24, 2.45) is 0 Å². The van der Waals surface area contributed by atoms with Crippen molar-refractivity contribution in [3.05, 3.63) is 12.1 Å². The first-order valence-electron chi connectivity index (χ1n) is 6.63. The fourth-order valence-corrected chi connectivity index (χ4v) is 2.22. The van der Waals surface area contributed by atoms with Crippen LogP contribution >= 0.6 is 0 Å². The SMILES string of the molecule is Nc1ccc(NCCOC2CCCCC2)nc1N. The molecule has 2 rings (SSSR count).